The molecule has 4 nitrogen and oxygen atoms in total. The Bertz CT molecular complexity index is 512. The van der Waals surface area contributed by atoms with Crippen molar-refractivity contribution in [3.8, 4) is 0 Å². The van der Waals surface area contributed by atoms with Gasteiger partial charge >= 0.3 is 0 Å². The molecule has 0 aromatic carbocycles. The third-order valence-corrected chi connectivity index (χ3v) is 6.72. The van der Waals surface area contributed by atoms with Gasteiger partial charge in [0.1, 0.15) is 0 Å². The number of guanidine groups is 1. The number of halogens is 1. The molecule has 0 amide bonds. The molecule has 1 aromatic rings. The third-order valence-electron chi connectivity index (χ3n) is 4.41. The number of nitrogens with one attached hydrogen (secondary N) is 2. The van der Waals surface area contributed by atoms with E-state index < -0.39 is 5.60 Å². The van der Waals surface area contributed by atoms with Crippen LogP contribution in [-0.2, 0) is 6.42 Å². The van der Waals surface area contributed by atoms with Crippen molar-refractivity contribution in [3.63, 3.8) is 0 Å². The Morgan fingerprint density at radius 3 is 2.84 bits per heavy atom. The van der Waals surface area contributed by atoms with E-state index in [1.54, 1.807) is 0 Å². The smallest absolute Gasteiger partial charge is 0.191 e. The summed E-state index contributed by atoms with van der Waals surface area (Å²) in [6.07, 6.45) is 3.05. The lowest BCUT2D eigenvalue weighted by atomic mass is 9.79. The van der Waals surface area contributed by atoms with Crippen LogP contribution >= 0.6 is 47.1 Å². The van der Waals surface area contributed by atoms with Gasteiger partial charge in [-0.25, -0.2) is 0 Å². The van der Waals surface area contributed by atoms with Gasteiger partial charge in [0.05, 0.1) is 12.1 Å². The second kappa shape index (κ2) is 11.7. The summed E-state index contributed by atoms with van der Waals surface area (Å²) in [4.78, 5) is 6.07. The predicted octanol–water partition coefficient (Wildman–Crippen LogP) is 3.75. The number of hydrogen-bond acceptors (Lipinski definition) is 4. The SMILES string of the molecule is CCNC(=NCC1(O)CCC1SCC)NCC(C)Cc1cccs1.I. The fourth-order valence-electron chi connectivity index (χ4n) is 2.89. The van der Waals surface area contributed by atoms with Gasteiger partial charge in [0.15, 0.2) is 5.96 Å². The van der Waals surface area contributed by atoms with Crippen molar-refractivity contribution >= 4 is 53.0 Å². The molecule has 25 heavy (non-hydrogen) atoms. The van der Waals surface area contributed by atoms with Crippen LogP contribution in [0, 0.1) is 5.92 Å². The molecule has 144 valence electrons. The van der Waals surface area contributed by atoms with Crippen LogP contribution in [0.1, 0.15) is 38.5 Å². The summed E-state index contributed by atoms with van der Waals surface area (Å²) in [7, 11) is 0. The molecular formula is C18H32IN3OS2. The van der Waals surface area contributed by atoms with Crippen molar-refractivity contribution in [3.05, 3.63) is 22.4 Å². The molecule has 1 heterocycles. The van der Waals surface area contributed by atoms with Crippen molar-refractivity contribution in [1.29, 1.82) is 0 Å². The molecule has 7 heteroatoms. The van der Waals surface area contributed by atoms with Crippen molar-refractivity contribution in [1.82, 2.24) is 10.6 Å². The standard InChI is InChI=1S/C18H31N3OS2.HI/c1-4-19-17(20-12-14(3)11-15-7-6-10-24-15)21-13-18(22)9-8-16(18)23-5-2;/h6-7,10,14,16,22H,4-5,8-9,11-13H2,1-3H3,(H2,19,20,21);1H. The van der Waals surface area contributed by atoms with E-state index in [1.807, 2.05) is 23.1 Å². The maximum absolute atomic E-state index is 10.7. The van der Waals surface area contributed by atoms with E-state index in [9.17, 15) is 5.11 Å². The Hall–Kier alpha value is 0.01000. The highest BCUT2D eigenvalue weighted by atomic mass is 127. The first-order valence-electron chi connectivity index (χ1n) is 8.96. The van der Waals surface area contributed by atoms with Gasteiger partial charge < -0.3 is 15.7 Å². The monoisotopic (exact) mass is 497 g/mol. The van der Waals surface area contributed by atoms with Gasteiger partial charge in [-0.2, -0.15) is 11.8 Å². The van der Waals surface area contributed by atoms with Crippen LogP contribution in [0.25, 0.3) is 0 Å². The number of rotatable bonds is 9. The van der Waals surface area contributed by atoms with E-state index in [4.69, 9.17) is 0 Å². The quantitative estimate of drug-likeness (QED) is 0.277. The number of nitrogens with zero attached hydrogens (tertiary/aromatic N) is 1. The fraction of sp³-hybridized carbons (Fsp3) is 0.722. The van der Waals surface area contributed by atoms with Gasteiger partial charge in [-0.3, -0.25) is 4.99 Å². The zero-order valence-electron chi connectivity index (χ0n) is 15.5. The molecule has 3 unspecified atom stereocenters. The number of thioether (sulfide) groups is 1. The van der Waals surface area contributed by atoms with E-state index in [0.29, 0.717) is 17.7 Å². The second-order valence-corrected chi connectivity index (χ2v) is 9.06. The normalized spacial score (nSPS) is 24.2. The lowest BCUT2D eigenvalue weighted by molar-refractivity contribution is -0.0154. The highest BCUT2D eigenvalue weighted by Gasteiger charge is 2.45. The Labute approximate surface area is 177 Å². The minimum atomic E-state index is -0.619. The van der Waals surface area contributed by atoms with Gasteiger partial charge in [0, 0.05) is 23.2 Å². The van der Waals surface area contributed by atoms with E-state index in [0.717, 1.165) is 44.1 Å². The molecule has 3 N–H and O–H groups in total. The van der Waals surface area contributed by atoms with Gasteiger partial charge in [-0.05, 0) is 49.3 Å². The fourth-order valence-corrected chi connectivity index (χ4v) is 4.95. The van der Waals surface area contributed by atoms with E-state index in [2.05, 4.69) is 53.9 Å². The maximum Gasteiger partial charge on any atom is 0.191 e. The average Bonchev–Trinajstić information content (AvgIpc) is 3.06. The number of hydrogen-bond donors (Lipinski definition) is 3. The summed E-state index contributed by atoms with van der Waals surface area (Å²) >= 11 is 3.67. The summed E-state index contributed by atoms with van der Waals surface area (Å²) in [5.41, 5.74) is -0.619. The summed E-state index contributed by atoms with van der Waals surface area (Å²) in [5, 5.41) is 19.9. The Kier molecular flexibility index (Phi) is 10.8. The minimum absolute atomic E-state index is 0. The molecule has 1 saturated carbocycles. The van der Waals surface area contributed by atoms with E-state index in [-0.39, 0.29) is 24.0 Å². The number of aliphatic hydroxyl groups is 1. The topological polar surface area (TPSA) is 56.7 Å². The van der Waals surface area contributed by atoms with Crippen molar-refractivity contribution < 1.29 is 5.11 Å². The molecule has 2 rings (SSSR count). The minimum Gasteiger partial charge on any atom is -0.387 e. The molecule has 1 aliphatic rings. The predicted molar refractivity (Wildman–Crippen MR) is 123 cm³/mol. The van der Waals surface area contributed by atoms with Crippen molar-refractivity contribution in [2.45, 2.75) is 50.9 Å². The number of aliphatic imine (C=N–C) groups is 1. The largest absolute Gasteiger partial charge is 0.387 e. The molecule has 0 bridgehead atoms. The van der Waals surface area contributed by atoms with Crippen LogP contribution < -0.4 is 10.6 Å². The van der Waals surface area contributed by atoms with Crippen LogP contribution in [0.4, 0.5) is 0 Å². The molecular weight excluding hydrogens is 465 g/mol. The van der Waals surface area contributed by atoms with Crippen LogP contribution in [0.3, 0.4) is 0 Å². The lowest BCUT2D eigenvalue weighted by Crippen LogP contribution is -2.53. The average molecular weight is 498 g/mol. The van der Waals surface area contributed by atoms with Crippen LogP contribution in [-0.4, -0.2) is 47.3 Å². The molecule has 1 fully saturated rings. The molecule has 0 saturated heterocycles. The first kappa shape index (κ1) is 23.0. The molecule has 0 spiro atoms. The zero-order valence-corrected chi connectivity index (χ0v) is 19.4. The molecule has 3 atom stereocenters. The molecule has 1 aliphatic carbocycles. The van der Waals surface area contributed by atoms with Gasteiger partial charge in [-0.15, -0.1) is 35.3 Å². The lowest BCUT2D eigenvalue weighted by Gasteiger charge is -2.44. The van der Waals surface area contributed by atoms with Gasteiger partial charge in [0.25, 0.3) is 0 Å². The van der Waals surface area contributed by atoms with E-state index in [1.165, 1.54) is 4.88 Å². The summed E-state index contributed by atoms with van der Waals surface area (Å²) in [6.45, 7) is 8.67. The molecule has 0 radical (unpaired) electrons. The van der Waals surface area contributed by atoms with Gasteiger partial charge in [-0.1, -0.05) is 19.9 Å². The van der Waals surface area contributed by atoms with Crippen LogP contribution in [0.15, 0.2) is 22.5 Å². The summed E-state index contributed by atoms with van der Waals surface area (Å²) < 4.78 is 0. The van der Waals surface area contributed by atoms with Crippen LogP contribution in [0.2, 0.25) is 0 Å². The Morgan fingerprint density at radius 1 is 1.48 bits per heavy atom. The Morgan fingerprint density at radius 2 is 2.28 bits per heavy atom. The number of thiophene rings is 1. The molecule has 1 aromatic heterocycles. The molecule has 0 aliphatic heterocycles. The second-order valence-electron chi connectivity index (χ2n) is 6.55. The Balaban J connectivity index is 0.00000312. The maximum atomic E-state index is 10.7. The van der Waals surface area contributed by atoms with Gasteiger partial charge in [0.2, 0.25) is 0 Å². The first-order valence-corrected chi connectivity index (χ1v) is 10.9. The highest BCUT2D eigenvalue weighted by molar-refractivity contribution is 14.0. The first-order chi connectivity index (χ1) is 11.6. The third kappa shape index (κ3) is 7.27. The van der Waals surface area contributed by atoms with Crippen molar-refractivity contribution in [2.24, 2.45) is 10.9 Å². The summed E-state index contributed by atoms with van der Waals surface area (Å²) in [5.74, 6) is 2.41. The van der Waals surface area contributed by atoms with Crippen LogP contribution in [0.5, 0.6) is 0 Å². The van der Waals surface area contributed by atoms with Crippen molar-refractivity contribution in [2.75, 3.05) is 25.4 Å². The van der Waals surface area contributed by atoms with E-state index >= 15 is 0 Å². The summed E-state index contributed by atoms with van der Waals surface area (Å²) in [6, 6.07) is 4.30. The zero-order chi connectivity index (χ0) is 17.4. The highest BCUT2D eigenvalue weighted by Crippen LogP contribution is 2.41.